The van der Waals surface area contributed by atoms with Crippen molar-refractivity contribution in [1.82, 2.24) is 5.32 Å². The molecular weight excluding hydrogens is 224 g/mol. The number of nitrogens with one attached hydrogen (secondary N) is 1. The van der Waals surface area contributed by atoms with Crippen LogP contribution < -0.4 is 11.1 Å². The summed E-state index contributed by atoms with van der Waals surface area (Å²) in [5, 5.41) is 3.04. The summed E-state index contributed by atoms with van der Waals surface area (Å²) in [5.41, 5.74) is 8.81. The van der Waals surface area contributed by atoms with E-state index in [0.29, 0.717) is 12.0 Å². The minimum atomic E-state index is 0.0386. The lowest BCUT2D eigenvalue weighted by Crippen LogP contribution is -2.29. The standard InChI is InChI=1S/C15H22N2O/c1-10-3-4-11(2)14(7-10)15(18)17-9-12-5-6-13(16)8-12/h3-4,7,12-13H,5-6,8-9,16H2,1-2H3,(H,17,18). The molecule has 0 aromatic heterocycles. The number of hydrogen-bond donors (Lipinski definition) is 2. The van der Waals surface area contributed by atoms with E-state index in [0.717, 1.165) is 42.5 Å². The number of aryl methyl sites for hydroxylation is 2. The van der Waals surface area contributed by atoms with Crippen molar-refractivity contribution in [3.63, 3.8) is 0 Å². The van der Waals surface area contributed by atoms with E-state index in [1.807, 2.05) is 32.0 Å². The molecule has 98 valence electrons. The topological polar surface area (TPSA) is 55.1 Å². The van der Waals surface area contributed by atoms with E-state index in [9.17, 15) is 4.79 Å². The lowest BCUT2D eigenvalue weighted by atomic mass is 10.0. The molecule has 1 saturated carbocycles. The second-order valence-corrected chi connectivity index (χ2v) is 5.47. The fourth-order valence-corrected chi connectivity index (χ4v) is 2.61. The number of carbonyl (C=O) groups excluding carboxylic acids is 1. The van der Waals surface area contributed by atoms with Crippen LogP contribution in [0.2, 0.25) is 0 Å². The first-order valence-corrected chi connectivity index (χ1v) is 6.67. The number of amides is 1. The Kier molecular flexibility index (Phi) is 4.02. The molecular formula is C15H22N2O. The van der Waals surface area contributed by atoms with Gasteiger partial charge in [-0.1, -0.05) is 17.7 Å². The molecule has 0 heterocycles. The Morgan fingerprint density at radius 1 is 1.39 bits per heavy atom. The Balaban J connectivity index is 1.93. The number of nitrogens with two attached hydrogens (primary N) is 1. The maximum absolute atomic E-state index is 12.1. The highest BCUT2D eigenvalue weighted by Gasteiger charge is 2.22. The lowest BCUT2D eigenvalue weighted by molar-refractivity contribution is 0.0946. The minimum absolute atomic E-state index is 0.0386. The van der Waals surface area contributed by atoms with Gasteiger partial charge in [0.05, 0.1) is 0 Å². The molecule has 2 rings (SSSR count). The molecule has 1 amide bonds. The largest absolute Gasteiger partial charge is 0.352 e. The van der Waals surface area contributed by atoms with Crippen LogP contribution in [0.3, 0.4) is 0 Å². The molecule has 1 aromatic rings. The van der Waals surface area contributed by atoms with Gasteiger partial charge >= 0.3 is 0 Å². The van der Waals surface area contributed by atoms with Crippen LogP contribution in [0.5, 0.6) is 0 Å². The molecule has 1 fully saturated rings. The zero-order chi connectivity index (χ0) is 13.1. The van der Waals surface area contributed by atoms with Crippen molar-refractivity contribution < 1.29 is 4.79 Å². The fourth-order valence-electron chi connectivity index (χ4n) is 2.61. The van der Waals surface area contributed by atoms with Gasteiger partial charge in [-0.25, -0.2) is 0 Å². The molecule has 1 aliphatic carbocycles. The van der Waals surface area contributed by atoms with Crippen LogP contribution in [-0.2, 0) is 0 Å². The molecule has 1 aromatic carbocycles. The summed E-state index contributed by atoms with van der Waals surface area (Å²) < 4.78 is 0. The molecule has 3 nitrogen and oxygen atoms in total. The van der Waals surface area contributed by atoms with Crippen molar-refractivity contribution in [2.24, 2.45) is 11.7 Å². The Bertz CT molecular complexity index is 442. The predicted octanol–water partition coefficient (Wildman–Crippen LogP) is 2.16. The number of benzene rings is 1. The maximum Gasteiger partial charge on any atom is 0.251 e. The Labute approximate surface area is 109 Å². The maximum atomic E-state index is 12.1. The molecule has 0 radical (unpaired) electrons. The molecule has 0 saturated heterocycles. The van der Waals surface area contributed by atoms with E-state index in [2.05, 4.69) is 5.32 Å². The van der Waals surface area contributed by atoms with E-state index in [4.69, 9.17) is 5.73 Å². The molecule has 3 N–H and O–H groups in total. The SMILES string of the molecule is Cc1ccc(C)c(C(=O)NCC2CCC(N)C2)c1. The van der Waals surface area contributed by atoms with Crippen LogP contribution in [0, 0.1) is 19.8 Å². The predicted molar refractivity (Wildman–Crippen MR) is 73.6 cm³/mol. The van der Waals surface area contributed by atoms with Gasteiger partial charge in [-0.3, -0.25) is 4.79 Å². The Morgan fingerprint density at radius 2 is 2.17 bits per heavy atom. The smallest absolute Gasteiger partial charge is 0.251 e. The van der Waals surface area contributed by atoms with Gasteiger partial charge in [0, 0.05) is 18.2 Å². The highest BCUT2D eigenvalue weighted by atomic mass is 16.1. The summed E-state index contributed by atoms with van der Waals surface area (Å²) in [4.78, 5) is 12.1. The Morgan fingerprint density at radius 3 is 2.83 bits per heavy atom. The fraction of sp³-hybridized carbons (Fsp3) is 0.533. The first-order valence-electron chi connectivity index (χ1n) is 6.67. The molecule has 2 unspecified atom stereocenters. The zero-order valence-electron chi connectivity index (χ0n) is 11.2. The monoisotopic (exact) mass is 246 g/mol. The van der Waals surface area contributed by atoms with Crippen molar-refractivity contribution in [3.05, 3.63) is 34.9 Å². The van der Waals surface area contributed by atoms with Crippen molar-refractivity contribution in [1.29, 1.82) is 0 Å². The average Bonchev–Trinajstić information content (AvgIpc) is 2.75. The molecule has 1 aliphatic rings. The first-order chi connectivity index (χ1) is 8.56. The van der Waals surface area contributed by atoms with Crippen LogP contribution in [-0.4, -0.2) is 18.5 Å². The van der Waals surface area contributed by atoms with Crippen molar-refractivity contribution in [2.75, 3.05) is 6.54 Å². The Hall–Kier alpha value is -1.35. The van der Waals surface area contributed by atoms with Gasteiger partial charge < -0.3 is 11.1 Å². The van der Waals surface area contributed by atoms with E-state index in [1.165, 1.54) is 0 Å². The summed E-state index contributed by atoms with van der Waals surface area (Å²) in [6.07, 6.45) is 3.26. The van der Waals surface area contributed by atoms with Crippen LogP contribution >= 0.6 is 0 Å². The van der Waals surface area contributed by atoms with Crippen LogP contribution in [0.15, 0.2) is 18.2 Å². The lowest BCUT2D eigenvalue weighted by Gasteiger charge is -2.12. The van der Waals surface area contributed by atoms with Crippen molar-refractivity contribution >= 4 is 5.91 Å². The van der Waals surface area contributed by atoms with E-state index in [-0.39, 0.29) is 5.91 Å². The molecule has 0 spiro atoms. The second-order valence-electron chi connectivity index (χ2n) is 5.47. The van der Waals surface area contributed by atoms with Crippen LogP contribution in [0.1, 0.15) is 40.7 Å². The zero-order valence-corrected chi connectivity index (χ0v) is 11.2. The van der Waals surface area contributed by atoms with Crippen LogP contribution in [0.25, 0.3) is 0 Å². The molecule has 2 atom stereocenters. The second kappa shape index (κ2) is 5.53. The average molecular weight is 246 g/mol. The molecule has 18 heavy (non-hydrogen) atoms. The van der Waals surface area contributed by atoms with Gasteiger partial charge in [0.25, 0.3) is 5.91 Å². The quantitative estimate of drug-likeness (QED) is 0.858. The minimum Gasteiger partial charge on any atom is -0.352 e. The van der Waals surface area contributed by atoms with Crippen LogP contribution in [0.4, 0.5) is 0 Å². The van der Waals surface area contributed by atoms with E-state index < -0.39 is 0 Å². The normalized spacial score (nSPS) is 23.1. The van der Waals surface area contributed by atoms with E-state index in [1.54, 1.807) is 0 Å². The van der Waals surface area contributed by atoms with Crippen molar-refractivity contribution in [2.45, 2.75) is 39.2 Å². The molecule has 0 bridgehead atoms. The summed E-state index contributed by atoms with van der Waals surface area (Å²) >= 11 is 0. The summed E-state index contributed by atoms with van der Waals surface area (Å²) in [6, 6.07) is 6.30. The summed E-state index contributed by atoms with van der Waals surface area (Å²) in [7, 11) is 0. The number of carbonyl (C=O) groups is 1. The van der Waals surface area contributed by atoms with Gasteiger partial charge in [-0.15, -0.1) is 0 Å². The molecule has 3 heteroatoms. The highest BCUT2D eigenvalue weighted by molar-refractivity contribution is 5.95. The summed E-state index contributed by atoms with van der Waals surface area (Å²) in [5.74, 6) is 0.589. The third kappa shape index (κ3) is 3.10. The number of rotatable bonds is 3. The van der Waals surface area contributed by atoms with Gasteiger partial charge in [0.15, 0.2) is 0 Å². The van der Waals surface area contributed by atoms with Gasteiger partial charge in [0.1, 0.15) is 0 Å². The third-order valence-electron chi connectivity index (χ3n) is 3.77. The van der Waals surface area contributed by atoms with Gasteiger partial charge in [0.2, 0.25) is 0 Å². The van der Waals surface area contributed by atoms with Gasteiger partial charge in [-0.05, 0) is 50.7 Å². The van der Waals surface area contributed by atoms with Crippen molar-refractivity contribution in [3.8, 4) is 0 Å². The number of hydrogen-bond acceptors (Lipinski definition) is 2. The summed E-state index contributed by atoms with van der Waals surface area (Å²) in [6.45, 7) is 4.73. The highest BCUT2D eigenvalue weighted by Crippen LogP contribution is 2.23. The third-order valence-corrected chi connectivity index (χ3v) is 3.77. The molecule has 0 aliphatic heterocycles. The first kappa shape index (κ1) is 13.1. The van der Waals surface area contributed by atoms with Gasteiger partial charge in [-0.2, -0.15) is 0 Å². The van der Waals surface area contributed by atoms with E-state index >= 15 is 0 Å².